The second kappa shape index (κ2) is 6.88. The van der Waals surface area contributed by atoms with Gasteiger partial charge in [0.25, 0.3) is 0 Å². The van der Waals surface area contributed by atoms with Crippen LogP contribution in [0.25, 0.3) is 0 Å². The van der Waals surface area contributed by atoms with E-state index in [1.54, 1.807) is 6.26 Å². The molecule has 0 aliphatic carbocycles. The number of nitrogens with zero attached hydrogens (tertiary/aromatic N) is 2. The minimum atomic E-state index is 0.648. The number of nitrogens with one attached hydrogen (secondary N) is 1. The van der Waals surface area contributed by atoms with E-state index in [0.29, 0.717) is 6.04 Å². The molecule has 0 bridgehead atoms. The summed E-state index contributed by atoms with van der Waals surface area (Å²) in [5.74, 6) is 0.953. The zero-order chi connectivity index (χ0) is 15.4. The normalized spacial score (nSPS) is 16.2. The molecule has 2 heterocycles. The third-order valence-electron chi connectivity index (χ3n) is 4.32. The molecule has 1 N–H and O–H groups in total. The van der Waals surface area contributed by atoms with Gasteiger partial charge in [0.05, 0.1) is 12.8 Å². The molecule has 1 aliphatic rings. The van der Waals surface area contributed by atoms with Gasteiger partial charge in [-0.3, -0.25) is 4.90 Å². The van der Waals surface area contributed by atoms with Crippen LogP contribution in [0.1, 0.15) is 19.6 Å². The Morgan fingerprint density at radius 1 is 1.05 bits per heavy atom. The van der Waals surface area contributed by atoms with E-state index in [1.165, 1.54) is 5.69 Å². The number of hydrogen-bond donors (Lipinski definition) is 1. The average molecular weight is 299 g/mol. The van der Waals surface area contributed by atoms with Crippen LogP contribution in [0.5, 0.6) is 0 Å². The maximum atomic E-state index is 5.33. The highest BCUT2D eigenvalue weighted by atomic mass is 16.3. The molecule has 22 heavy (non-hydrogen) atoms. The molecule has 1 saturated heterocycles. The molecule has 0 radical (unpaired) electrons. The molecule has 0 saturated carbocycles. The minimum Gasteiger partial charge on any atom is -0.467 e. The maximum Gasteiger partial charge on any atom is 0.122 e. The van der Waals surface area contributed by atoms with Gasteiger partial charge in [0.15, 0.2) is 0 Å². The summed E-state index contributed by atoms with van der Waals surface area (Å²) < 4.78 is 5.33. The Balaban J connectivity index is 1.53. The summed E-state index contributed by atoms with van der Waals surface area (Å²) in [4.78, 5) is 5.00. The van der Waals surface area contributed by atoms with Crippen molar-refractivity contribution in [3.63, 3.8) is 0 Å². The number of furan rings is 1. The van der Waals surface area contributed by atoms with Gasteiger partial charge >= 0.3 is 0 Å². The van der Waals surface area contributed by atoms with Crippen molar-refractivity contribution in [2.75, 3.05) is 36.4 Å². The molecule has 4 nitrogen and oxygen atoms in total. The Morgan fingerprint density at radius 3 is 2.36 bits per heavy atom. The molecule has 0 spiro atoms. The predicted molar refractivity (Wildman–Crippen MR) is 91.4 cm³/mol. The topological polar surface area (TPSA) is 31.6 Å². The first-order valence-corrected chi connectivity index (χ1v) is 8.08. The number of piperazine rings is 1. The third-order valence-corrected chi connectivity index (χ3v) is 4.32. The molecular weight excluding hydrogens is 274 g/mol. The van der Waals surface area contributed by atoms with Crippen molar-refractivity contribution in [2.24, 2.45) is 0 Å². The monoisotopic (exact) mass is 299 g/mol. The van der Waals surface area contributed by atoms with Crippen molar-refractivity contribution < 1.29 is 4.42 Å². The second-order valence-electron chi connectivity index (χ2n) is 6.10. The fraction of sp³-hybridized carbons (Fsp3) is 0.444. The van der Waals surface area contributed by atoms with Crippen LogP contribution >= 0.6 is 0 Å². The molecule has 3 rings (SSSR count). The highest BCUT2D eigenvalue weighted by Crippen LogP contribution is 2.20. The molecule has 0 amide bonds. The van der Waals surface area contributed by atoms with E-state index in [9.17, 15) is 0 Å². The molecule has 1 fully saturated rings. The molecule has 1 aliphatic heterocycles. The minimum absolute atomic E-state index is 0.648. The van der Waals surface area contributed by atoms with Crippen LogP contribution < -0.4 is 10.2 Å². The zero-order valence-electron chi connectivity index (χ0n) is 13.5. The highest BCUT2D eigenvalue weighted by molar-refractivity contribution is 5.55. The molecule has 1 aromatic heterocycles. The summed E-state index contributed by atoms with van der Waals surface area (Å²) in [6.45, 7) is 9.78. The van der Waals surface area contributed by atoms with Crippen LogP contribution in [-0.4, -0.2) is 37.1 Å². The average Bonchev–Trinajstić information content (AvgIpc) is 3.07. The standard InChI is InChI=1S/C18H25N3O/c1-15(2)20-9-11-21(12-10-20)17-7-5-16(6-8-17)19-14-18-4-3-13-22-18/h3-8,13,15,19H,9-12,14H2,1-2H3. The van der Waals surface area contributed by atoms with Crippen molar-refractivity contribution in [3.8, 4) is 0 Å². The largest absolute Gasteiger partial charge is 0.467 e. The number of anilines is 2. The van der Waals surface area contributed by atoms with E-state index in [1.807, 2.05) is 12.1 Å². The van der Waals surface area contributed by atoms with Crippen molar-refractivity contribution in [3.05, 3.63) is 48.4 Å². The van der Waals surface area contributed by atoms with E-state index in [4.69, 9.17) is 4.42 Å². The summed E-state index contributed by atoms with van der Waals surface area (Å²) in [6, 6.07) is 13.2. The highest BCUT2D eigenvalue weighted by Gasteiger charge is 2.18. The van der Waals surface area contributed by atoms with Gasteiger partial charge in [-0.25, -0.2) is 0 Å². The van der Waals surface area contributed by atoms with Gasteiger partial charge in [-0.1, -0.05) is 0 Å². The quantitative estimate of drug-likeness (QED) is 0.916. The smallest absolute Gasteiger partial charge is 0.122 e. The first-order valence-electron chi connectivity index (χ1n) is 8.08. The van der Waals surface area contributed by atoms with E-state index in [2.05, 4.69) is 53.2 Å². The summed E-state index contributed by atoms with van der Waals surface area (Å²) in [6.07, 6.45) is 1.71. The van der Waals surface area contributed by atoms with Crippen molar-refractivity contribution in [1.29, 1.82) is 0 Å². The van der Waals surface area contributed by atoms with E-state index in [0.717, 1.165) is 44.2 Å². The summed E-state index contributed by atoms with van der Waals surface area (Å²) in [5, 5.41) is 3.38. The molecule has 0 unspecified atom stereocenters. The predicted octanol–water partition coefficient (Wildman–Crippen LogP) is 3.42. The first kappa shape index (κ1) is 15.0. The Bertz CT molecular complexity index is 555. The molecule has 0 atom stereocenters. The van der Waals surface area contributed by atoms with Gasteiger partial charge in [-0.2, -0.15) is 0 Å². The van der Waals surface area contributed by atoms with Gasteiger partial charge < -0.3 is 14.6 Å². The molecular formula is C18H25N3O. The zero-order valence-corrected chi connectivity index (χ0v) is 13.5. The van der Waals surface area contributed by atoms with Crippen LogP contribution in [0.3, 0.4) is 0 Å². The van der Waals surface area contributed by atoms with Gasteiger partial charge in [-0.15, -0.1) is 0 Å². The van der Waals surface area contributed by atoms with E-state index >= 15 is 0 Å². The fourth-order valence-corrected chi connectivity index (χ4v) is 2.89. The molecule has 4 heteroatoms. The Hall–Kier alpha value is -1.94. The lowest BCUT2D eigenvalue weighted by Gasteiger charge is -2.38. The first-order chi connectivity index (χ1) is 10.7. The summed E-state index contributed by atoms with van der Waals surface area (Å²) in [7, 11) is 0. The van der Waals surface area contributed by atoms with Gasteiger partial charge in [0.1, 0.15) is 5.76 Å². The Labute approximate surface area is 132 Å². The van der Waals surface area contributed by atoms with Crippen LogP contribution in [-0.2, 0) is 6.54 Å². The lowest BCUT2D eigenvalue weighted by atomic mass is 10.2. The fourth-order valence-electron chi connectivity index (χ4n) is 2.89. The van der Waals surface area contributed by atoms with Crippen LogP contribution in [0.2, 0.25) is 0 Å². The third kappa shape index (κ3) is 3.63. The van der Waals surface area contributed by atoms with E-state index in [-0.39, 0.29) is 0 Å². The van der Waals surface area contributed by atoms with Gasteiger partial charge in [-0.05, 0) is 50.2 Å². The van der Waals surface area contributed by atoms with Crippen LogP contribution in [0.4, 0.5) is 11.4 Å². The number of hydrogen-bond acceptors (Lipinski definition) is 4. The van der Waals surface area contributed by atoms with Crippen molar-refractivity contribution in [2.45, 2.75) is 26.4 Å². The van der Waals surface area contributed by atoms with Crippen molar-refractivity contribution in [1.82, 2.24) is 4.90 Å². The van der Waals surface area contributed by atoms with Crippen molar-refractivity contribution >= 4 is 11.4 Å². The molecule has 118 valence electrons. The SMILES string of the molecule is CC(C)N1CCN(c2ccc(NCc3ccco3)cc2)CC1. The van der Waals surface area contributed by atoms with E-state index < -0.39 is 0 Å². The second-order valence-corrected chi connectivity index (χ2v) is 6.10. The lowest BCUT2D eigenvalue weighted by Crippen LogP contribution is -2.48. The lowest BCUT2D eigenvalue weighted by molar-refractivity contribution is 0.209. The van der Waals surface area contributed by atoms with Gasteiger partial charge in [0.2, 0.25) is 0 Å². The van der Waals surface area contributed by atoms with Crippen LogP contribution in [0.15, 0.2) is 47.1 Å². The summed E-state index contributed by atoms with van der Waals surface area (Å²) >= 11 is 0. The molecule has 2 aromatic rings. The Kier molecular flexibility index (Phi) is 4.68. The Morgan fingerprint density at radius 2 is 1.77 bits per heavy atom. The van der Waals surface area contributed by atoms with Gasteiger partial charge in [0, 0.05) is 43.6 Å². The summed E-state index contributed by atoms with van der Waals surface area (Å²) in [5.41, 5.74) is 2.44. The number of benzene rings is 1. The van der Waals surface area contributed by atoms with Crippen LogP contribution in [0, 0.1) is 0 Å². The molecule has 1 aromatic carbocycles. The maximum absolute atomic E-state index is 5.33. The number of rotatable bonds is 5.